The lowest BCUT2D eigenvalue weighted by Gasteiger charge is -2.05. The number of benzene rings is 2. The Kier molecular flexibility index (Phi) is 2.20. The van der Waals surface area contributed by atoms with Gasteiger partial charge in [-0.2, -0.15) is 0 Å². The van der Waals surface area contributed by atoms with Crippen LogP contribution in [0.25, 0.3) is 21.8 Å². The topological polar surface area (TPSA) is 32.9 Å². The van der Waals surface area contributed by atoms with E-state index in [1.165, 1.54) is 0 Å². The lowest BCUT2D eigenvalue weighted by molar-refractivity contribution is 1.44. The first-order valence-corrected chi connectivity index (χ1v) is 5.76. The van der Waals surface area contributed by atoms with Gasteiger partial charge in [0, 0.05) is 10.9 Å². The van der Waals surface area contributed by atoms with Crippen LogP contribution in [-0.2, 0) is 0 Å². The molecule has 0 atom stereocenters. The molecule has 84 valence electrons. The van der Waals surface area contributed by atoms with Gasteiger partial charge in [-0.25, -0.2) is 0 Å². The summed E-state index contributed by atoms with van der Waals surface area (Å²) in [4.78, 5) is 15.6. The number of pyridine rings is 1. The lowest BCUT2D eigenvalue weighted by Crippen LogP contribution is -2.05. The van der Waals surface area contributed by atoms with Crippen LogP contribution in [0.1, 0.15) is 5.56 Å². The molecule has 1 heterocycles. The van der Waals surface area contributed by atoms with Gasteiger partial charge in [0.1, 0.15) is 0 Å². The van der Waals surface area contributed by atoms with E-state index in [1.54, 1.807) is 0 Å². The van der Waals surface area contributed by atoms with Gasteiger partial charge in [-0.3, -0.25) is 4.79 Å². The van der Waals surface area contributed by atoms with E-state index in [1.807, 2.05) is 43.3 Å². The third kappa shape index (κ3) is 1.45. The van der Waals surface area contributed by atoms with Crippen molar-refractivity contribution in [2.24, 2.45) is 0 Å². The van der Waals surface area contributed by atoms with Crippen molar-refractivity contribution in [1.82, 2.24) is 4.98 Å². The van der Waals surface area contributed by atoms with E-state index in [2.05, 4.69) is 4.98 Å². The van der Waals surface area contributed by atoms with Gasteiger partial charge in [0.05, 0.1) is 15.9 Å². The predicted molar refractivity (Wildman–Crippen MR) is 71.8 cm³/mol. The molecule has 0 bridgehead atoms. The normalized spacial score (nSPS) is 11.2. The Balaban J connectivity index is 2.66. The van der Waals surface area contributed by atoms with Crippen LogP contribution >= 0.6 is 11.6 Å². The molecule has 0 fully saturated rings. The van der Waals surface area contributed by atoms with Crippen molar-refractivity contribution in [2.45, 2.75) is 6.92 Å². The first-order chi connectivity index (χ1) is 8.18. The fraction of sp³-hybridized carbons (Fsp3) is 0.0714. The van der Waals surface area contributed by atoms with Crippen molar-refractivity contribution < 1.29 is 0 Å². The number of nitrogens with one attached hydrogen (secondary N) is 1. The Labute approximate surface area is 103 Å². The lowest BCUT2D eigenvalue weighted by atomic mass is 10.1. The number of hydrogen-bond acceptors (Lipinski definition) is 1. The van der Waals surface area contributed by atoms with E-state index >= 15 is 0 Å². The molecule has 1 aromatic heterocycles. The van der Waals surface area contributed by atoms with Gasteiger partial charge in [-0.05, 0) is 30.7 Å². The highest BCUT2D eigenvalue weighted by molar-refractivity contribution is 6.36. The standard InChI is InChI=1S/C14H10ClNO/c1-8-6-7-11-12(13(8)15)14(17)9-4-2-3-5-10(9)16-11/h2-7H,1H3,(H,16,17). The van der Waals surface area contributed by atoms with Crippen LogP contribution in [0.5, 0.6) is 0 Å². The van der Waals surface area contributed by atoms with Gasteiger partial charge in [0.25, 0.3) is 0 Å². The second kappa shape index (κ2) is 3.60. The van der Waals surface area contributed by atoms with Crippen LogP contribution in [0.2, 0.25) is 5.02 Å². The van der Waals surface area contributed by atoms with Crippen LogP contribution in [0.15, 0.2) is 41.2 Å². The largest absolute Gasteiger partial charge is 0.354 e. The zero-order valence-corrected chi connectivity index (χ0v) is 10.0. The highest BCUT2D eigenvalue weighted by Crippen LogP contribution is 2.24. The second-order valence-corrected chi connectivity index (χ2v) is 4.50. The van der Waals surface area contributed by atoms with E-state index in [9.17, 15) is 4.79 Å². The van der Waals surface area contributed by atoms with E-state index in [0.717, 1.165) is 16.6 Å². The molecule has 0 aliphatic carbocycles. The van der Waals surface area contributed by atoms with Gasteiger partial charge in [-0.15, -0.1) is 0 Å². The monoisotopic (exact) mass is 243 g/mol. The minimum atomic E-state index is -0.0111. The highest BCUT2D eigenvalue weighted by atomic mass is 35.5. The Morgan fingerprint density at radius 1 is 1.06 bits per heavy atom. The number of hydrogen-bond donors (Lipinski definition) is 1. The van der Waals surface area contributed by atoms with Crippen LogP contribution < -0.4 is 5.43 Å². The maximum absolute atomic E-state index is 12.4. The molecule has 0 radical (unpaired) electrons. The van der Waals surface area contributed by atoms with E-state index < -0.39 is 0 Å². The third-order valence-corrected chi connectivity index (χ3v) is 3.49. The Hall–Kier alpha value is -1.80. The molecule has 0 aliphatic heterocycles. The van der Waals surface area contributed by atoms with Gasteiger partial charge in [0.2, 0.25) is 0 Å². The van der Waals surface area contributed by atoms with Crippen molar-refractivity contribution in [3.63, 3.8) is 0 Å². The summed E-state index contributed by atoms with van der Waals surface area (Å²) < 4.78 is 0. The molecule has 3 heteroatoms. The number of halogens is 1. The zero-order valence-electron chi connectivity index (χ0n) is 9.25. The Bertz CT molecular complexity index is 789. The number of para-hydroxylation sites is 1. The Morgan fingerprint density at radius 3 is 2.65 bits per heavy atom. The van der Waals surface area contributed by atoms with Crippen molar-refractivity contribution in [3.05, 3.63) is 57.2 Å². The number of aryl methyl sites for hydroxylation is 1. The molecule has 0 spiro atoms. The minimum absolute atomic E-state index is 0.0111. The Morgan fingerprint density at radius 2 is 1.82 bits per heavy atom. The number of rotatable bonds is 0. The molecule has 2 aromatic carbocycles. The molecule has 0 unspecified atom stereocenters. The zero-order chi connectivity index (χ0) is 12.0. The van der Waals surface area contributed by atoms with Crippen molar-refractivity contribution >= 4 is 33.4 Å². The first-order valence-electron chi connectivity index (χ1n) is 5.38. The van der Waals surface area contributed by atoms with E-state index in [4.69, 9.17) is 11.6 Å². The molecular formula is C14H10ClNO. The molecule has 1 N–H and O–H groups in total. The fourth-order valence-electron chi connectivity index (χ4n) is 2.08. The van der Waals surface area contributed by atoms with Crippen molar-refractivity contribution in [3.8, 4) is 0 Å². The molecule has 17 heavy (non-hydrogen) atoms. The average Bonchev–Trinajstić information content (AvgIpc) is 2.34. The molecule has 0 saturated heterocycles. The number of aromatic amines is 1. The quantitative estimate of drug-likeness (QED) is 0.601. The molecular weight excluding hydrogens is 234 g/mol. The summed E-state index contributed by atoms with van der Waals surface area (Å²) in [6, 6.07) is 11.3. The van der Waals surface area contributed by atoms with Crippen LogP contribution in [0.4, 0.5) is 0 Å². The highest BCUT2D eigenvalue weighted by Gasteiger charge is 2.09. The minimum Gasteiger partial charge on any atom is -0.354 e. The summed E-state index contributed by atoms with van der Waals surface area (Å²) in [5.41, 5.74) is 2.53. The van der Waals surface area contributed by atoms with Gasteiger partial charge in [-0.1, -0.05) is 29.8 Å². The van der Waals surface area contributed by atoms with Crippen molar-refractivity contribution in [1.29, 1.82) is 0 Å². The molecule has 3 aromatic rings. The number of H-pyrrole nitrogens is 1. The van der Waals surface area contributed by atoms with Gasteiger partial charge < -0.3 is 4.98 Å². The molecule has 2 nitrogen and oxygen atoms in total. The summed E-state index contributed by atoms with van der Waals surface area (Å²) in [7, 11) is 0. The average molecular weight is 244 g/mol. The molecule has 0 amide bonds. The van der Waals surface area contributed by atoms with Crippen LogP contribution in [-0.4, -0.2) is 4.98 Å². The first kappa shape index (κ1) is 10.4. The van der Waals surface area contributed by atoms with Gasteiger partial charge >= 0.3 is 0 Å². The van der Waals surface area contributed by atoms with Crippen LogP contribution in [0, 0.1) is 6.92 Å². The molecule has 0 saturated carbocycles. The fourth-order valence-corrected chi connectivity index (χ4v) is 2.33. The van der Waals surface area contributed by atoms with Crippen LogP contribution in [0.3, 0.4) is 0 Å². The summed E-state index contributed by atoms with van der Waals surface area (Å²) in [5.74, 6) is 0. The predicted octanol–water partition coefficient (Wildman–Crippen LogP) is 3.64. The smallest absolute Gasteiger partial charge is 0.198 e. The summed E-state index contributed by atoms with van der Waals surface area (Å²) in [6.45, 7) is 1.90. The van der Waals surface area contributed by atoms with E-state index in [-0.39, 0.29) is 5.43 Å². The number of aromatic nitrogens is 1. The van der Waals surface area contributed by atoms with E-state index in [0.29, 0.717) is 15.8 Å². The summed E-state index contributed by atoms with van der Waals surface area (Å²) >= 11 is 6.21. The SMILES string of the molecule is Cc1ccc2[nH]c3ccccc3c(=O)c2c1Cl. The number of fused-ring (bicyclic) bond motifs is 2. The summed E-state index contributed by atoms with van der Waals surface area (Å²) in [6.07, 6.45) is 0. The second-order valence-electron chi connectivity index (χ2n) is 4.12. The maximum Gasteiger partial charge on any atom is 0.198 e. The molecule has 3 rings (SSSR count). The third-order valence-electron chi connectivity index (χ3n) is 3.00. The molecule has 0 aliphatic rings. The van der Waals surface area contributed by atoms with Gasteiger partial charge in [0.15, 0.2) is 5.43 Å². The maximum atomic E-state index is 12.4. The summed E-state index contributed by atoms with van der Waals surface area (Å²) in [5, 5.41) is 1.78. The van der Waals surface area contributed by atoms with Crippen molar-refractivity contribution in [2.75, 3.05) is 0 Å².